The molecule has 30 heavy (non-hydrogen) atoms. The molecule has 0 unspecified atom stereocenters. The Labute approximate surface area is 181 Å². The van der Waals surface area contributed by atoms with Gasteiger partial charge in [0.2, 0.25) is 0 Å². The van der Waals surface area contributed by atoms with Gasteiger partial charge in [-0.15, -0.1) is 0 Å². The Morgan fingerprint density at radius 3 is 2.70 bits per heavy atom. The number of ketones is 1. The third-order valence-electron chi connectivity index (χ3n) is 5.98. The van der Waals surface area contributed by atoms with E-state index in [-0.39, 0.29) is 29.5 Å². The van der Waals surface area contributed by atoms with Crippen LogP contribution in [0.1, 0.15) is 72.1 Å². The first kappa shape index (κ1) is 26.4. The largest absolute Gasteiger partial charge is 0.450 e. The van der Waals surface area contributed by atoms with Gasteiger partial charge < -0.3 is 20.3 Å². The van der Waals surface area contributed by atoms with Crippen LogP contribution in [0.2, 0.25) is 0 Å². The van der Waals surface area contributed by atoms with Crippen molar-refractivity contribution >= 4 is 11.9 Å². The average molecular weight is 424 g/mol. The number of carbonyl (C=O) groups excluding carboxylic acids is 2. The summed E-state index contributed by atoms with van der Waals surface area (Å²) in [6, 6.07) is 0. The number of unbranched alkanes of at least 4 members (excludes halogenated alkanes) is 3. The summed E-state index contributed by atoms with van der Waals surface area (Å²) in [4.78, 5) is 23.3. The van der Waals surface area contributed by atoms with Gasteiger partial charge in [-0.25, -0.2) is 4.79 Å². The standard InChI is InChI=1S/C24H41NO5/c1-5-6-15-24(2,3)22(28)14-13-19-18(20(26)17-21(19)27)12-10-8-7-9-11-16-30-23(29)25-4/h8,10,13-14,18-19,21-22,27-28H,5-7,9,11-12,15-17H2,1-4H3,(H,25,29)/b10-8-,14-13+/t18-,19-,21-,22-/m1/s1. The monoisotopic (exact) mass is 423 g/mol. The lowest BCUT2D eigenvalue weighted by Gasteiger charge is -2.29. The first-order chi connectivity index (χ1) is 14.2. The summed E-state index contributed by atoms with van der Waals surface area (Å²) in [5, 5.41) is 23.3. The summed E-state index contributed by atoms with van der Waals surface area (Å²) in [6.45, 7) is 6.63. The summed E-state index contributed by atoms with van der Waals surface area (Å²) in [6.07, 6.45) is 12.4. The third kappa shape index (κ3) is 9.00. The van der Waals surface area contributed by atoms with E-state index in [1.54, 1.807) is 6.08 Å². The number of allylic oxidation sites excluding steroid dienone is 2. The molecule has 6 nitrogen and oxygen atoms in total. The highest BCUT2D eigenvalue weighted by atomic mass is 16.5. The van der Waals surface area contributed by atoms with Crippen LogP contribution in [-0.4, -0.2) is 48.0 Å². The minimum Gasteiger partial charge on any atom is -0.450 e. The van der Waals surface area contributed by atoms with E-state index in [9.17, 15) is 19.8 Å². The maximum atomic E-state index is 12.3. The van der Waals surface area contributed by atoms with Crippen LogP contribution >= 0.6 is 0 Å². The molecule has 0 spiro atoms. The first-order valence-corrected chi connectivity index (χ1v) is 11.3. The summed E-state index contributed by atoms with van der Waals surface area (Å²) in [7, 11) is 1.53. The van der Waals surface area contributed by atoms with E-state index >= 15 is 0 Å². The molecular weight excluding hydrogens is 382 g/mol. The van der Waals surface area contributed by atoms with Gasteiger partial charge in [0.05, 0.1) is 18.8 Å². The van der Waals surface area contributed by atoms with Crippen molar-refractivity contribution in [2.24, 2.45) is 17.3 Å². The number of aliphatic hydroxyl groups excluding tert-OH is 2. The van der Waals surface area contributed by atoms with Gasteiger partial charge in [0, 0.05) is 25.3 Å². The number of rotatable bonds is 13. The molecule has 0 bridgehead atoms. The molecular formula is C24H41NO5. The Morgan fingerprint density at radius 2 is 2.03 bits per heavy atom. The summed E-state index contributed by atoms with van der Waals surface area (Å²) >= 11 is 0. The second-order valence-corrected chi connectivity index (χ2v) is 8.93. The normalized spacial score (nSPS) is 23.4. The van der Waals surface area contributed by atoms with Crippen LogP contribution in [0.4, 0.5) is 4.79 Å². The predicted molar refractivity (Wildman–Crippen MR) is 119 cm³/mol. The number of nitrogens with one attached hydrogen (secondary N) is 1. The minimum absolute atomic E-state index is 0.0838. The Balaban J connectivity index is 2.50. The molecule has 0 aromatic carbocycles. The molecule has 3 N–H and O–H groups in total. The van der Waals surface area contributed by atoms with Gasteiger partial charge in [0.25, 0.3) is 0 Å². The average Bonchev–Trinajstić information content (AvgIpc) is 2.98. The molecule has 1 rings (SSSR count). The van der Waals surface area contributed by atoms with Crippen LogP contribution in [0.5, 0.6) is 0 Å². The van der Waals surface area contributed by atoms with Crippen molar-refractivity contribution in [3.05, 3.63) is 24.3 Å². The van der Waals surface area contributed by atoms with E-state index in [4.69, 9.17) is 4.74 Å². The van der Waals surface area contributed by atoms with Crippen LogP contribution in [0.15, 0.2) is 24.3 Å². The maximum absolute atomic E-state index is 12.3. The number of aliphatic hydroxyl groups is 2. The maximum Gasteiger partial charge on any atom is 0.406 e. The van der Waals surface area contributed by atoms with Crippen molar-refractivity contribution < 1.29 is 24.5 Å². The topological polar surface area (TPSA) is 95.9 Å². The molecule has 0 aromatic heterocycles. The molecule has 172 valence electrons. The second-order valence-electron chi connectivity index (χ2n) is 8.93. The summed E-state index contributed by atoms with van der Waals surface area (Å²) in [5.41, 5.74) is -0.225. The van der Waals surface area contributed by atoms with Crippen LogP contribution in [-0.2, 0) is 9.53 Å². The minimum atomic E-state index is -0.681. The molecule has 4 atom stereocenters. The van der Waals surface area contributed by atoms with Gasteiger partial charge >= 0.3 is 6.09 Å². The number of hydrogen-bond acceptors (Lipinski definition) is 5. The fourth-order valence-corrected chi connectivity index (χ4v) is 3.76. The van der Waals surface area contributed by atoms with E-state index in [1.165, 1.54) is 7.05 Å². The van der Waals surface area contributed by atoms with Crippen LogP contribution in [0, 0.1) is 17.3 Å². The highest BCUT2D eigenvalue weighted by molar-refractivity contribution is 5.84. The van der Waals surface area contributed by atoms with E-state index in [1.807, 2.05) is 32.1 Å². The number of alkyl carbamates (subject to hydrolysis) is 1. The molecule has 1 aliphatic rings. The number of carbonyl (C=O) groups is 2. The van der Waals surface area contributed by atoms with Crippen LogP contribution in [0.3, 0.4) is 0 Å². The fourth-order valence-electron chi connectivity index (χ4n) is 3.76. The molecule has 6 heteroatoms. The Morgan fingerprint density at radius 1 is 1.30 bits per heavy atom. The van der Waals surface area contributed by atoms with E-state index in [0.29, 0.717) is 13.0 Å². The predicted octanol–water partition coefficient (Wildman–Crippen LogP) is 4.16. The molecule has 1 aliphatic carbocycles. The molecule has 1 saturated carbocycles. The van der Waals surface area contributed by atoms with Gasteiger partial charge in [-0.1, -0.05) is 57.9 Å². The lowest BCUT2D eigenvalue weighted by atomic mass is 9.80. The number of amides is 1. The zero-order valence-electron chi connectivity index (χ0n) is 19.1. The molecule has 0 heterocycles. The SMILES string of the molecule is CCCCC(C)(C)[C@H](O)/C=C/[C@H]1[C@H](O)CC(=O)[C@@H]1C/C=C\CCCCOC(=O)NC. The molecule has 0 aliphatic heterocycles. The van der Waals surface area contributed by atoms with Gasteiger partial charge in [0.1, 0.15) is 5.78 Å². The number of hydrogen-bond donors (Lipinski definition) is 3. The van der Waals surface area contributed by atoms with Crippen molar-refractivity contribution in [3.8, 4) is 0 Å². The summed E-state index contributed by atoms with van der Waals surface area (Å²) < 4.78 is 4.94. The molecule has 0 saturated heterocycles. The van der Waals surface area contributed by atoms with Gasteiger partial charge in [-0.05, 0) is 37.5 Å². The zero-order valence-corrected chi connectivity index (χ0v) is 19.1. The highest BCUT2D eigenvalue weighted by Gasteiger charge is 2.39. The van der Waals surface area contributed by atoms with Crippen molar-refractivity contribution in [2.75, 3.05) is 13.7 Å². The highest BCUT2D eigenvalue weighted by Crippen LogP contribution is 2.35. The van der Waals surface area contributed by atoms with Crippen molar-refractivity contribution in [1.29, 1.82) is 0 Å². The smallest absolute Gasteiger partial charge is 0.406 e. The van der Waals surface area contributed by atoms with Crippen molar-refractivity contribution in [3.63, 3.8) is 0 Å². The van der Waals surface area contributed by atoms with Crippen molar-refractivity contribution in [2.45, 2.75) is 84.3 Å². The summed E-state index contributed by atoms with van der Waals surface area (Å²) in [5.74, 6) is -0.407. The molecule has 1 amide bonds. The van der Waals surface area contributed by atoms with E-state index in [0.717, 1.165) is 38.5 Å². The number of Topliss-reactive ketones (excluding diaryl/α,β-unsaturated/α-hetero) is 1. The molecule has 0 radical (unpaired) electrons. The molecule has 1 fully saturated rings. The quantitative estimate of drug-likeness (QED) is 0.305. The Bertz CT molecular complexity index is 584. The zero-order chi connectivity index (χ0) is 22.6. The second kappa shape index (κ2) is 13.6. The fraction of sp³-hybridized carbons (Fsp3) is 0.750. The van der Waals surface area contributed by atoms with E-state index in [2.05, 4.69) is 12.2 Å². The van der Waals surface area contributed by atoms with E-state index < -0.39 is 18.3 Å². The van der Waals surface area contributed by atoms with Crippen LogP contribution < -0.4 is 5.32 Å². The van der Waals surface area contributed by atoms with Gasteiger partial charge in [-0.3, -0.25) is 4.79 Å². The van der Waals surface area contributed by atoms with Gasteiger partial charge in [-0.2, -0.15) is 0 Å². The Kier molecular flexibility index (Phi) is 12.0. The Hall–Kier alpha value is -1.66. The number of ether oxygens (including phenoxy) is 1. The van der Waals surface area contributed by atoms with Crippen LogP contribution in [0.25, 0.3) is 0 Å². The third-order valence-corrected chi connectivity index (χ3v) is 5.98. The molecule has 0 aromatic rings. The van der Waals surface area contributed by atoms with Gasteiger partial charge in [0.15, 0.2) is 0 Å². The van der Waals surface area contributed by atoms with Crippen molar-refractivity contribution in [1.82, 2.24) is 5.32 Å². The lowest BCUT2D eigenvalue weighted by molar-refractivity contribution is -0.121. The lowest BCUT2D eigenvalue weighted by Crippen LogP contribution is -2.28. The first-order valence-electron chi connectivity index (χ1n) is 11.3.